The molecule has 0 saturated heterocycles. The van der Waals surface area contributed by atoms with Gasteiger partial charge in [-0.2, -0.15) is 0 Å². The Morgan fingerprint density at radius 1 is 1.25 bits per heavy atom. The van der Waals surface area contributed by atoms with Gasteiger partial charge in [-0.25, -0.2) is 0 Å². The lowest BCUT2D eigenvalue weighted by Crippen LogP contribution is -2.11. The van der Waals surface area contributed by atoms with Crippen molar-refractivity contribution in [3.63, 3.8) is 0 Å². The highest BCUT2D eigenvalue weighted by molar-refractivity contribution is 9.10. The van der Waals surface area contributed by atoms with Crippen LogP contribution in [0.3, 0.4) is 0 Å². The van der Waals surface area contributed by atoms with E-state index in [1.807, 2.05) is 24.3 Å². The molecule has 0 spiro atoms. The number of pyridine rings is 1. The van der Waals surface area contributed by atoms with Crippen LogP contribution in [0.1, 0.15) is 10.4 Å². The summed E-state index contributed by atoms with van der Waals surface area (Å²) < 4.78 is 0.702. The Balaban J connectivity index is 2.52. The third-order valence-electron chi connectivity index (χ3n) is 2.23. The molecule has 4 heteroatoms. The number of rotatable bonds is 2. The number of primary amides is 1. The van der Waals surface area contributed by atoms with Crippen molar-refractivity contribution in [3.8, 4) is 11.1 Å². The van der Waals surface area contributed by atoms with E-state index in [-0.39, 0.29) is 0 Å². The minimum Gasteiger partial charge on any atom is -0.366 e. The van der Waals surface area contributed by atoms with Crippen LogP contribution in [-0.4, -0.2) is 10.9 Å². The third-order valence-corrected chi connectivity index (χ3v) is 2.92. The van der Waals surface area contributed by atoms with E-state index in [0.29, 0.717) is 10.0 Å². The van der Waals surface area contributed by atoms with Gasteiger partial charge in [-0.1, -0.05) is 12.1 Å². The molecule has 0 bridgehead atoms. The minimum absolute atomic E-state index is 0.447. The summed E-state index contributed by atoms with van der Waals surface area (Å²) in [6.45, 7) is 0. The molecular weight excluding hydrogens is 268 g/mol. The molecule has 0 aliphatic carbocycles. The molecule has 80 valence electrons. The van der Waals surface area contributed by atoms with Crippen molar-refractivity contribution in [3.05, 3.63) is 52.8 Å². The number of aromatic nitrogens is 1. The van der Waals surface area contributed by atoms with Crippen LogP contribution in [0.25, 0.3) is 11.1 Å². The third kappa shape index (κ3) is 2.12. The van der Waals surface area contributed by atoms with E-state index in [1.165, 1.54) is 0 Å². The Hall–Kier alpha value is -1.68. The van der Waals surface area contributed by atoms with E-state index in [1.54, 1.807) is 18.5 Å². The molecule has 2 aromatic rings. The number of benzene rings is 1. The molecule has 0 aliphatic rings. The van der Waals surface area contributed by atoms with Crippen LogP contribution < -0.4 is 5.73 Å². The van der Waals surface area contributed by atoms with E-state index in [4.69, 9.17) is 5.73 Å². The summed E-state index contributed by atoms with van der Waals surface area (Å²) in [4.78, 5) is 15.2. The van der Waals surface area contributed by atoms with Gasteiger partial charge in [0.1, 0.15) is 0 Å². The maximum absolute atomic E-state index is 11.2. The van der Waals surface area contributed by atoms with Crippen molar-refractivity contribution in [2.75, 3.05) is 0 Å². The van der Waals surface area contributed by atoms with Gasteiger partial charge in [0.25, 0.3) is 0 Å². The lowest BCUT2D eigenvalue weighted by molar-refractivity contribution is 0.0999. The summed E-state index contributed by atoms with van der Waals surface area (Å²) in [5, 5.41) is 0. The Kier molecular flexibility index (Phi) is 3.01. The SMILES string of the molecule is NC(=O)c1cc(-c2cccnc2)ccc1Br. The largest absolute Gasteiger partial charge is 0.366 e. The Morgan fingerprint density at radius 3 is 2.69 bits per heavy atom. The second kappa shape index (κ2) is 4.45. The van der Waals surface area contributed by atoms with Crippen molar-refractivity contribution in [2.45, 2.75) is 0 Å². The molecule has 3 nitrogen and oxygen atoms in total. The monoisotopic (exact) mass is 276 g/mol. The molecule has 0 saturated carbocycles. The highest BCUT2D eigenvalue weighted by Crippen LogP contribution is 2.24. The molecule has 16 heavy (non-hydrogen) atoms. The molecule has 1 amide bonds. The fourth-order valence-corrected chi connectivity index (χ4v) is 1.87. The first-order valence-corrected chi connectivity index (χ1v) is 5.47. The minimum atomic E-state index is -0.447. The van der Waals surface area contributed by atoms with E-state index >= 15 is 0 Å². The fourth-order valence-electron chi connectivity index (χ4n) is 1.43. The summed E-state index contributed by atoms with van der Waals surface area (Å²) in [7, 11) is 0. The zero-order chi connectivity index (χ0) is 11.5. The maximum atomic E-state index is 11.2. The lowest BCUT2D eigenvalue weighted by atomic mass is 10.0. The van der Waals surface area contributed by atoms with Gasteiger partial charge in [-0.3, -0.25) is 9.78 Å². The fraction of sp³-hybridized carbons (Fsp3) is 0. The number of halogens is 1. The predicted molar refractivity (Wildman–Crippen MR) is 65.9 cm³/mol. The molecule has 0 unspecified atom stereocenters. The standard InChI is InChI=1S/C12H9BrN2O/c13-11-4-3-8(6-10(11)12(14)16)9-2-1-5-15-7-9/h1-7H,(H2,14,16). The van der Waals surface area contributed by atoms with Gasteiger partial charge in [0.2, 0.25) is 5.91 Å². The highest BCUT2D eigenvalue weighted by atomic mass is 79.9. The van der Waals surface area contributed by atoms with Crippen LogP contribution in [0.5, 0.6) is 0 Å². The van der Waals surface area contributed by atoms with E-state index in [2.05, 4.69) is 20.9 Å². The van der Waals surface area contributed by atoms with Gasteiger partial charge in [0.05, 0.1) is 5.56 Å². The summed E-state index contributed by atoms with van der Waals surface area (Å²) >= 11 is 3.29. The Labute approximate surface area is 101 Å². The van der Waals surface area contributed by atoms with Crippen molar-refractivity contribution in [1.82, 2.24) is 4.98 Å². The van der Waals surface area contributed by atoms with Gasteiger partial charge in [-0.15, -0.1) is 0 Å². The molecule has 0 radical (unpaired) electrons. The van der Waals surface area contributed by atoms with Gasteiger partial charge in [0, 0.05) is 22.4 Å². The average molecular weight is 277 g/mol. The smallest absolute Gasteiger partial charge is 0.249 e. The number of amides is 1. The van der Waals surface area contributed by atoms with Crippen molar-refractivity contribution in [2.24, 2.45) is 5.73 Å². The first-order valence-electron chi connectivity index (χ1n) is 4.68. The molecular formula is C12H9BrN2O. The molecule has 0 aliphatic heterocycles. The number of nitrogens with two attached hydrogens (primary N) is 1. The van der Waals surface area contributed by atoms with Crippen LogP contribution in [0, 0.1) is 0 Å². The topological polar surface area (TPSA) is 56.0 Å². The predicted octanol–water partition coefficient (Wildman–Crippen LogP) is 2.61. The van der Waals surface area contributed by atoms with E-state index in [9.17, 15) is 4.79 Å². The first kappa shape index (κ1) is 10.8. The first-order chi connectivity index (χ1) is 7.68. The van der Waals surface area contributed by atoms with Gasteiger partial charge >= 0.3 is 0 Å². The van der Waals surface area contributed by atoms with Crippen LogP contribution >= 0.6 is 15.9 Å². The Bertz CT molecular complexity index is 526. The summed E-state index contributed by atoms with van der Waals surface area (Å²) in [6, 6.07) is 9.25. The van der Waals surface area contributed by atoms with Crippen LogP contribution in [0.4, 0.5) is 0 Å². The Morgan fingerprint density at radius 2 is 2.06 bits per heavy atom. The number of hydrogen-bond donors (Lipinski definition) is 1. The molecule has 0 fully saturated rings. The summed E-state index contributed by atoms with van der Waals surface area (Å²) in [6.07, 6.45) is 3.45. The van der Waals surface area contributed by atoms with Gasteiger partial charge in [-0.05, 0) is 39.7 Å². The zero-order valence-electron chi connectivity index (χ0n) is 8.35. The van der Waals surface area contributed by atoms with E-state index in [0.717, 1.165) is 11.1 Å². The van der Waals surface area contributed by atoms with Crippen molar-refractivity contribution in [1.29, 1.82) is 0 Å². The number of hydrogen-bond acceptors (Lipinski definition) is 2. The van der Waals surface area contributed by atoms with Crippen LogP contribution in [0.15, 0.2) is 47.2 Å². The second-order valence-corrected chi connectivity index (χ2v) is 4.15. The second-order valence-electron chi connectivity index (χ2n) is 3.30. The van der Waals surface area contributed by atoms with E-state index < -0.39 is 5.91 Å². The normalized spacial score (nSPS) is 10.1. The lowest BCUT2D eigenvalue weighted by Gasteiger charge is -2.04. The molecule has 0 atom stereocenters. The zero-order valence-corrected chi connectivity index (χ0v) is 9.94. The number of carbonyl (C=O) groups excluding carboxylic acids is 1. The van der Waals surface area contributed by atoms with Crippen LogP contribution in [0.2, 0.25) is 0 Å². The summed E-state index contributed by atoms with van der Waals surface area (Å²) in [5.74, 6) is -0.447. The summed E-state index contributed by atoms with van der Waals surface area (Å²) in [5.41, 5.74) is 7.63. The maximum Gasteiger partial charge on any atom is 0.249 e. The van der Waals surface area contributed by atoms with Crippen molar-refractivity contribution >= 4 is 21.8 Å². The number of nitrogens with zero attached hydrogens (tertiary/aromatic N) is 1. The molecule has 2 rings (SSSR count). The van der Waals surface area contributed by atoms with Crippen molar-refractivity contribution < 1.29 is 4.79 Å². The number of carbonyl (C=O) groups is 1. The molecule has 1 aromatic carbocycles. The molecule has 1 heterocycles. The quantitative estimate of drug-likeness (QED) is 0.917. The average Bonchev–Trinajstić information content (AvgIpc) is 2.30. The van der Waals surface area contributed by atoms with Crippen LogP contribution in [-0.2, 0) is 0 Å². The van der Waals surface area contributed by atoms with Gasteiger partial charge in [0.15, 0.2) is 0 Å². The molecule has 2 N–H and O–H groups in total. The van der Waals surface area contributed by atoms with Gasteiger partial charge < -0.3 is 5.73 Å². The molecule has 1 aromatic heterocycles. The highest BCUT2D eigenvalue weighted by Gasteiger charge is 2.07.